The van der Waals surface area contributed by atoms with E-state index in [0.29, 0.717) is 12.1 Å². The van der Waals surface area contributed by atoms with Gasteiger partial charge in [-0.05, 0) is 32.5 Å². The van der Waals surface area contributed by atoms with Gasteiger partial charge in [-0.15, -0.1) is 0 Å². The lowest BCUT2D eigenvalue weighted by atomic mass is 10.1. The summed E-state index contributed by atoms with van der Waals surface area (Å²) in [5, 5.41) is 0. The highest BCUT2D eigenvalue weighted by Gasteiger charge is 2.33. The van der Waals surface area contributed by atoms with Crippen LogP contribution in [-0.2, 0) is 0 Å². The zero-order valence-corrected chi connectivity index (χ0v) is 13.4. The molecule has 3 unspecified atom stereocenters. The summed E-state index contributed by atoms with van der Waals surface area (Å²) in [7, 11) is 4.38. The van der Waals surface area contributed by atoms with Crippen molar-refractivity contribution in [3.8, 4) is 0 Å². The number of hydrogen-bond acceptors (Lipinski definition) is 2. The third kappa shape index (κ3) is 4.05. The van der Waals surface area contributed by atoms with Crippen LogP contribution in [0, 0.1) is 5.92 Å². The van der Waals surface area contributed by atoms with E-state index in [9.17, 15) is 0 Å². The second-order valence-corrected chi connectivity index (χ2v) is 5.55. The number of rotatable bonds is 3. The van der Waals surface area contributed by atoms with Crippen molar-refractivity contribution in [1.29, 1.82) is 0 Å². The van der Waals surface area contributed by atoms with Gasteiger partial charge in [-0.25, -0.2) is 0 Å². The molecule has 1 aromatic carbocycles. The summed E-state index contributed by atoms with van der Waals surface area (Å²) in [6.07, 6.45) is 0. The van der Waals surface area contributed by atoms with E-state index < -0.39 is 0 Å². The number of hydrogen-bond donors (Lipinski definition) is 0. The Hall–Kier alpha value is -0.860. The predicted octanol–water partition coefficient (Wildman–Crippen LogP) is 3.66. The van der Waals surface area contributed by atoms with Gasteiger partial charge in [-0.1, -0.05) is 51.1 Å². The lowest BCUT2D eigenvalue weighted by molar-refractivity contribution is 0.226. The first kappa shape index (κ1) is 16.2. The van der Waals surface area contributed by atoms with Crippen molar-refractivity contribution in [2.45, 2.75) is 39.8 Å². The first-order valence-corrected chi connectivity index (χ1v) is 7.55. The largest absolute Gasteiger partial charge is 0.305 e. The van der Waals surface area contributed by atoms with E-state index in [4.69, 9.17) is 0 Å². The van der Waals surface area contributed by atoms with Crippen molar-refractivity contribution in [3.63, 3.8) is 0 Å². The van der Waals surface area contributed by atoms with Crippen molar-refractivity contribution in [2.24, 2.45) is 5.92 Å². The summed E-state index contributed by atoms with van der Waals surface area (Å²) < 4.78 is 0. The molecule has 3 atom stereocenters. The molecule has 0 saturated carbocycles. The molecular weight excluding hydrogens is 232 g/mol. The molecule has 0 spiro atoms. The molecule has 1 aromatic rings. The maximum atomic E-state index is 2.60. The quantitative estimate of drug-likeness (QED) is 0.820. The van der Waals surface area contributed by atoms with Gasteiger partial charge in [0.05, 0.1) is 0 Å². The Balaban J connectivity index is 0.000000861. The van der Waals surface area contributed by atoms with E-state index in [0.717, 1.165) is 5.92 Å². The van der Waals surface area contributed by atoms with Gasteiger partial charge >= 0.3 is 0 Å². The molecule has 1 aliphatic rings. The molecule has 19 heavy (non-hydrogen) atoms. The minimum atomic E-state index is 0.531. The molecule has 2 rings (SSSR count). The highest BCUT2D eigenvalue weighted by atomic mass is 15.3. The molecule has 1 heterocycles. The zero-order chi connectivity index (χ0) is 14.4. The Morgan fingerprint density at radius 1 is 1.11 bits per heavy atom. The standard InChI is InChI=1S/C15H24N2.C2H6/c1-12-10-17(11-15(12)16(3)4)13(2)14-8-6-5-7-9-14;1-2/h5-9,12-13,15H,10-11H2,1-4H3;1-2H3. The van der Waals surface area contributed by atoms with Crippen molar-refractivity contribution in [3.05, 3.63) is 35.9 Å². The highest BCUT2D eigenvalue weighted by molar-refractivity contribution is 5.18. The molecule has 0 N–H and O–H groups in total. The number of benzene rings is 1. The molecule has 1 fully saturated rings. The van der Waals surface area contributed by atoms with Crippen LogP contribution < -0.4 is 0 Å². The Kier molecular flexibility index (Phi) is 6.53. The minimum absolute atomic E-state index is 0.531. The summed E-state index contributed by atoms with van der Waals surface area (Å²) in [5.74, 6) is 0.760. The van der Waals surface area contributed by atoms with E-state index in [1.165, 1.54) is 18.7 Å². The van der Waals surface area contributed by atoms with E-state index in [2.05, 4.69) is 68.1 Å². The Morgan fingerprint density at radius 2 is 1.68 bits per heavy atom. The van der Waals surface area contributed by atoms with E-state index >= 15 is 0 Å². The smallest absolute Gasteiger partial charge is 0.0320 e. The van der Waals surface area contributed by atoms with Gasteiger partial charge in [-0.3, -0.25) is 4.90 Å². The Morgan fingerprint density at radius 3 is 2.16 bits per heavy atom. The van der Waals surface area contributed by atoms with E-state index in [1.54, 1.807) is 0 Å². The van der Waals surface area contributed by atoms with Crippen LogP contribution in [0.15, 0.2) is 30.3 Å². The van der Waals surface area contributed by atoms with Crippen molar-refractivity contribution >= 4 is 0 Å². The van der Waals surface area contributed by atoms with E-state index in [1.807, 2.05) is 13.8 Å². The topological polar surface area (TPSA) is 6.48 Å². The van der Waals surface area contributed by atoms with Crippen LogP contribution in [0.1, 0.15) is 39.3 Å². The monoisotopic (exact) mass is 262 g/mol. The maximum Gasteiger partial charge on any atom is 0.0320 e. The third-order valence-electron chi connectivity index (χ3n) is 4.09. The van der Waals surface area contributed by atoms with Gasteiger partial charge in [0, 0.05) is 25.2 Å². The van der Waals surface area contributed by atoms with Crippen molar-refractivity contribution in [2.75, 3.05) is 27.2 Å². The zero-order valence-electron chi connectivity index (χ0n) is 13.4. The molecule has 108 valence electrons. The average molecular weight is 262 g/mol. The molecule has 0 aromatic heterocycles. The minimum Gasteiger partial charge on any atom is -0.305 e. The second kappa shape index (κ2) is 7.66. The van der Waals surface area contributed by atoms with Gasteiger partial charge in [0.1, 0.15) is 0 Å². The lowest BCUT2D eigenvalue weighted by Gasteiger charge is -2.26. The summed E-state index contributed by atoms with van der Waals surface area (Å²) >= 11 is 0. The van der Waals surface area contributed by atoms with Gasteiger partial charge in [0.25, 0.3) is 0 Å². The average Bonchev–Trinajstić information content (AvgIpc) is 2.83. The summed E-state index contributed by atoms with van der Waals surface area (Å²) in [5.41, 5.74) is 1.43. The van der Waals surface area contributed by atoms with Gasteiger partial charge < -0.3 is 4.90 Å². The summed E-state index contributed by atoms with van der Waals surface area (Å²) in [4.78, 5) is 4.97. The van der Waals surface area contributed by atoms with Gasteiger partial charge in [0.15, 0.2) is 0 Å². The van der Waals surface area contributed by atoms with Crippen LogP contribution in [0.25, 0.3) is 0 Å². The Labute approximate surface area is 119 Å². The second-order valence-electron chi connectivity index (χ2n) is 5.55. The molecule has 0 bridgehead atoms. The van der Waals surface area contributed by atoms with Crippen LogP contribution in [0.5, 0.6) is 0 Å². The molecular formula is C17H30N2. The molecule has 0 radical (unpaired) electrons. The first-order chi connectivity index (χ1) is 9.09. The van der Waals surface area contributed by atoms with Crippen molar-refractivity contribution < 1.29 is 0 Å². The van der Waals surface area contributed by atoms with Crippen LogP contribution >= 0.6 is 0 Å². The normalized spacial score (nSPS) is 25.0. The number of nitrogens with zero attached hydrogens (tertiary/aromatic N) is 2. The van der Waals surface area contributed by atoms with Gasteiger partial charge in [0.2, 0.25) is 0 Å². The maximum absolute atomic E-state index is 2.60. The van der Waals surface area contributed by atoms with Crippen LogP contribution in [0.3, 0.4) is 0 Å². The molecule has 1 saturated heterocycles. The fourth-order valence-electron chi connectivity index (χ4n) is 2.92. The number of likely N-dealkylation sites (tertiary alicyclic amines) is 1. The molecule has 1 aliphatic heterocycles. The third-order valence-corrected chi connectivity index (χ3v) is 4.09. The fraction of sp³-hybridized carbons (Fsp3) is 0.647. The van der Waals surface area contributed by atoms with E-state index in [-0.39, 0.29) is 0 Å². The Bertz CT molecular complexity index is 348. The lowest BCUT2D eigenvalue weighted by Crippen LogP contribution is -2.34. The van der Waals surface area contributed by atoms with Crippen LogP contribution in [0.2, 0.25) is 0 Å². The molecule has 0 amide bonds. The van der Waals surface area contributed by atoms with Crippen LogP contribution in [0.4, 0.5) is 0 Å². The molecule has 2 heteroatoms. The molecule has 0 aliphatic carbocycles. The number of likely N-dealkylation sites (N-methyl/N-ethyl adjacent to an activating group) is 1. The highest BCUT2D eigenvalue weighted by Crippen LogP contribution is 2.28. The fourth-order valence-corrected chi connectivity index (χ4v) is 2.92. The molecule has 2 nitrogen and oxygen atoms in total. The summed E-state index contributed by atoms with van der Waals surface area (Å²) in [6.45, 7) is 11.1. The predicted molar refractivity (Wildman–Crippen MR) is 84.4 cm³/mol. The SMILES string of the molecule is CC.CC1CN(C(C)c2ccccc2)CC1N(C)C. The van der Waals surface area contributed by atoms with Gasteiger partial charge in [-0.2, -0.15) is 0 Å². The first-order valence-electron chi connectivity index (χ1n) is 7.55. The van der Waals surface area contributed by atoms with Crippen molar-refractivity contribution in [1.82, 2.24) is 9.80 Å². The van der Waals surface area contributed by atoms with Crippen LogP contribution in [-0.4, -0.2) is 43.0 Å². The summed E-state index contributed by atoms with van der Waals surface area (Å²) in [6, 6.07) is 12.1.